The molecule has 1 amide bonds. The van der Waals surface area contributed by atoms with Gasteiger partial charge >= 0.3 is 0 Å². The Hall–Kier alpha value is -1.62. The Bertz CT molecular complexity index is 470. The highest BCUT2D eigenvalue weighted by Crippen LogP contribution is 2.16. The molecule has 1 aromatic heterocycles. The maximum atomic E-state index is 12.2. The smallest absolute Gasteiger partial charge is 0.239 e. The minimum atomic E-state index is -0.185. The molecule has 0 spiro atoms. The first-order valence-corrected chi connectivity index (χ1v) is 7.70. The first-order chi connectivity index (χ1) is 10.1. The highest BCUT2D eigenvalue weighted by atomic mass is 16.5. The van der Waals surface area contributed by atoms with E-state index < -0.39 is 0 Å². The molecule has 1 aliphatic heterocycles. The average molecular weight is 291 g/mol. The number of carbonyl (C=O) groups is 1. The summed E-state index contributed by atoms with van der Waals surface area (Å²) in [5.41, 5.74) is 0.979. The molecular formula is C16H25N3O2. The Labute approximate surface area is 126 Å². The topological polar surface area (TPSA) is 54.5 Å². The zero-order chi connectivity index (χ0) is 15.2. The van der Waals surface area contributed by atoms with E-state index in [1.54, 1.807) is 6.20 Å². The molecule has 1 N–H and O–H groups in total. The third-order valence-electron chi connectivity index (χ3n) is 3.58. The second-order valence-corrected chi connectivity index (χ2v) is 5.77. The van der Waals surface area contributed by atoms with Crippen molar-refractivity contribution >= 4 is 5.91 Å². The van der Waals surface area contributed by atoms with Gasteiger partial charge in [-0.15, -0.1) is 0 Å². The van der Waals surface area contributed by atoms with Gasteiger partial charge in [-0.05, 0) is 39.7 Å². The number of rotatable bonds is 6. The zero-order valence-corrected chi connectivity index (χ0v) is 13.1. The summed E-state index contributed by atoms with van der Waals surface area (Å²) in [5, 5.41) is 3.28. The van der Waals surface area contributed by atoms with Gasteiger partial charge in [0.1, 0.15) is 0 Å². The maximum Gasteiger partial charge on any atom is 0.239 e. The van der Waals surface area contributed by atoms with Crippen molar-refractivity contribution < 1.29 is 9.53 Å². The Morgan fingerprint density at radius 2 is 2.10 bits per heavy atom. The molecule has 1 unspecified atom stereocenters. The molecule has 1 atom stereocenters. The predicted octanol–water partition coefficient (Wildman–Crippen LogP) is 1.97. The standard InChI is InChI=1S/C16H25N3O2/c1-12(2)21-15-14(7-6-8-17-15)11-18-13(3)16(20)19-9-4-5-10-19/h6-8,12-13,18H,4-5,9-11H2,1-3H3. The number of likely N-dealkylation sites (tertiary alicyclic amines) is 1. The number of nitrogens with zero attached hydrogens (tertiary/aromatic N) is 2. The van der Waals surface area contributed by atoms with E-state index in [0.717, 1.165) is 31.5 Å². The van der Waals surface area contributed by atoms with Gasteiger partial charge in [0.25, 0.3) is 0 Å². The number of carbonyl (C=O) groups excluding carboxylic acids is 1. The third-order valence-corrected chi connectivity index (χ3v) is 3.58. The molecule has 2 rings (SSSR count). The summed E-state index contributed by atoms with van der Waals surface area (Å²) in [6.07, 6.45) is 4.04. The SMILES string of the molecule is CC(C)Oc1ncccc1CNC(C)C(=O)N1CCCC1. The summed E-state index contributed by atoms with van der Waals surface area (Å²) in [6.45, 7) is 8.23. The fourth-order valence-electron chi connectivity index (χ4n) is 2.45. The fourth-order valence-corrected chi connectivity index (χ4v) is 2.45. The molecule has 21 heavy (non-hydrogen) atoms. The van der Waals surface area contributed by atoms with E-state index in [1.165, 1.54) is 0 Å². The lowest BCUT2D eigenvalue weighted by atomic mass is 10.2. The van der Waals surface area contributed by atoms with E-state index >= 15 is 0 Å². The van der Waals surface area contributed by atoms with Gasteiger partial charge in [0.15, 0.2) is 0 Å². The van der Waals surface area contributed by atoms with Crippen LogP contribution in [0.2, 0.25) is 0 Å². The largest absolute Gasteiger partial charge is 0.475 e. The molecule has 1 fully saturated rings. The first kappa shape index (κ1) is 15.8. The van der Waals surface area contributed by atoms with Crippen molar-refractivity contribution in [3.63, 3.8) is 0 Å². The van der Waals surface area contributed by atoms with Gasteiger partial charge in [0, 0.05) is 31.4 Å². The van der Waals surface area contributed by atoms with Gasteiger partial charge < -0.3 is 15.0 Å². The van der Waals surface area contributed by atoms with Gasteiger partial charge in [-0.2, -0.15) is 0 Å². The van der Waals surface area contributed by atoms with Crippen molar-refractivity contribution in [3.05, 3.63) is 23.9 Å². The van der Waals surface area contributed by atoms with Crippen LogP contribution in [0.1, 0.15) is 39.2 Å². The lowest BCUT2D eigenvalue weighted by molar-refractivity contribution is -0.132. The molecular weight excluding hydrogens is 266 g/mol. The maximum absolute atomic E-state index is 12.2. The summed E-state index contributed by atoms with van der Waals surface area (Å²) in [5.74, 6) is 0.823. The van der Waals surface area contributed by atoms with Crippen LogP contribution in [0.4, 0.5) is 0 Å². The third kappa shape index (κ3) is 4.43. The highest BCUT2D eigenvalue weighted by molar-refractivity contribution is 5.81. The Morgan fingerprint density at radius 1 is 1.38 bits per heavy atom. The van der Waals surface area contributed by atoms with Crippen LogP contribution in [0.5, 0.6) is 5.88 Å². The molecule has 0 bridgehead atoms. The molecule has 5 heteroatoms. The summed E-state index contributed by atoms with van der Waals surface area (Å²) in [7, 11) is 0. The van der Waals surface area contributed by atoms with Crippen molar-refractivity contribution in [2.45, 2.75) is 52.3 Å². The number of ether oxygens (including phenoxy) is 1. The molecule has 5 nitrogen and oxygen atoms in total. The van der Waals surface area contributed by atoms with Gasteiger partial charge in [-0.3, -0.25) is 4.79 Å². The van der Waals surface area contributed by atoms with Gasteiger partial charge in [-0.1, -0.05) is 6.07 Å². The van der Waals surface area contributed by atoms with Gasteiger partial charge in [0.2, 0.25) is 11.8 Å². The van der Waals surface area contributed by atoms with Crippen LogP contribution < -0.4 is 10.1 Å². The summed E-state index contributed by atoms with van der Waals surface area (Å²) < 4.78 is 5.69. The lowest BCUT2D eigenvalue weighted by Gasteiger charge is -2.21. The summed E-state index contributed by atoms with van der Waals surface area (Å²) >= 11 is 0. The molecule has 0 aromatic carbocycles. The van der Waals surface area contributed by atoms with Crippen LogP contribution in [0, 0.1) is 0 Å². The van der Waals surface area contributed by atoms with Crippen molar-refractivity contribution in [2.75, 3.05) is 13.1 Å². The lowest BCUT2D eigenvalue weighted by Crippen LogP contribution is -2.43. The molecule has 116 valence electrons. The van der Waals surface area contributed by atoms with Crippen LogP contribution in [0.3, 0.4) is 0 Å². The number of nitrogens with one attached hydrogen (secondary N) is 1. The molecule has 0 aliphatic carbocycles. The number of amides is 1. The number of aromatic nitrogens is 1. The predicted molar refractivity (Wildman–Crippen MR) is 82.1 cm³/mol. The van der Waals surface area contributed by atoms with E-state index in [9.17, 15) is 4.79 Å². The first-order valence-electron chi connectivity index (χ1n) is 7.70. The van der Waals surface area contributed by atoms with Crippen molar-refractivity contribution in [1.82, 2.24) is 15.2 Å². The molecule has 1 aliphatic rings. The minimum Gasteiger partial charge on any atom is -0.475 e. The van der Waals surface area contributed by atoms with Crippen LogP contribution in [0.25, 0.3) is 0 Å². The second-order valence-electron chi connectivity index (χ2n) is 5.77. The number of hydrogen-bond acceptors (Lipinski definition) is 4. The van der Waals surface area contributed by atoms with E-state index in [2.05, 4.69) is 10.3 Å². The Morgan fingerprint density at radius 3 is 2.76 bits per heavy atom. The molecule has 0 saturated carbocycles. The normalized spacial score (nSPS) is 16.3. The van der Waals surface area contributed by atoms with Crippen molar-refractivity contribution in [2.24, 2.45) is 0 Å². The number of pyridine rings is 1. The Balaban J connectivity index is 1.91. The van der Waals surface area contributed by atoms with E-state index in [4.69, 9.17) is 4.74 Å². The Kier molecular flexibility index (Phi) is 5.56. The zero-order valence-electron chi connectivity index (χ0n) is 13.1. The van der Waals surface area contributed by atoms with Crippen LogP contribution in [-0.2, 0) is 11.3 Å². The summed E-state index contributed by atoms with van der Waals surface area (Å²) in [4.78, 5) is 18.4. The minimum absolute atomic E-state index is 0.0855. The monoisotopic (exact) mass is 291 g/mol. The fraction of sp³-hybridized carbons (Fsp3) is 0.625. The highest BCUT2D eigenvalue weighted by Gasteiger charge is 2.23. The molecule has 0 radical (unpaired) electrons. The summed E-state index contributed by atoms with van der Waals surface area (Å²) in [6, 6.07) is 3.68. The quantitative estimate of drug-likeness (QED) is 0.870. The molecule has 1 aromatic rings. The molecule has 1 saturated heterocycles. The van der Waals surface area contributed by atoms with E-state index in [-0.39, 0.29) is 18.1 Å². The molecule has 2 heterocycles. The van der Waals surface area contributed by atoms with Gasteiger partial charge in [-0.25, -0.2) is 4.98 Å². The van der Waals surface area contributed by atoms with Crippen molar-refractivity contribution in [3.8, 4) is 5.88 Å². The van der Waals surface area contributed by atoms with Crippen molar-refractivity contribution in [1.29, 1.82) is 0 Å². The van der Waals surface area contributed by atoms with Crippen LogP contribution >= 0.6 is 0 Å². The van der Waals surface area contributed by atoms with Gasteiger partial charge in [0.05, 0.1) is 12.1 Å². The van der Waals surface area contributed by atoms with Crippen LogP contribution in [0.15, 0.2) is 18.3 Å². The average Bonchev–Trinajstić information content (AvgIpc) is 2.98. The van der Waals surface area contributed by atoms with Crippen LogP contribution in [-0.4, -0.2) is 41.0 Å². The second kappa shape index (κ2) is 7.41. The van der Waals surface area contributed by atoms with E-state index in [1.807, 2.05) is 37.8 Å². The van der Waals surface area contributed by atoms with E-state index in [0.29, 0.717) is 12.4 Å². The number of hydrogen-bond donors (Lipinski definition) is 1.